The second-order valence-electron chi connectivity index (χ2n) is 10.4. The van der Waals surface area contributed by atoms with Crippen LogP contribution in [0, 0.1) is 6.92 Å². The monoisotopic (exact) mass is 462 g/mol. The van der Waals surface area contributed by atoms with Crippen molar-refractivity contribution in [2.24, 2.45) is 0 Å². The van der Waals surface area contributed by atoms with Crippen LogP contribution in [0.15, 0.2) is 77.9 Å². The first-order chi connectivity index (χ1) is 15.9. The van der Waals surface area contributed by atoms with Crippen LogP contribution in [0.3, 0.4) is 0 Å². The molecule has 2 aliphatic carbocycles. The standard InChI is InChI=1S/C31H30SSi/c1-19-17-26-24-14-10-9-11-22(24)15-16-25(26)30(19)33(4,5)31-20(2)18-27-28(21(3)32-29(27)31)23-12-7-6-8-13-23/h6-18,30-31H,1-5H3. The van der Waals surface area contributed by atoms with Gasteiger partial charge in [0.1, 0.15) is 0 Å². The van der Waals surface area contributed by atoms with Gasteiger partial charge in [0.15, 0.2) is 0 Å². The van der Waals surface area contributed by atoms with Crippen molar-refractivity contribution < 1.29 is 0 Å². The number of aryl methyl sites for hydroxylation is 1. The fourth-order valence-electron chi connectivity index (χ4n) is 6.78. The first-order valence-electron chi connectivity index (χ1n) is 11.9. The van der Waals surface area contributed by atoms with Crippen molar-refractivity contribution in [3.63, 3.8) is 0 Å². The molecule has 0 radical (unpaired) electrons. The number of rotatable bonds is 3. The molecule has 0 fully saturated rings. The summed E-state index contributed by atoms with van der Waals surface area (Å²) in [6, 6.07) is 24.6. The summed E-state index contributed by atoms with van der Waals surface area (Å²) in [5, 5.41) is 2.75. The lowest BCUT2D eigenvalue weighted by Crippen LogP contribution is -2.42. The highest BCUT2D eigenvalue weighted by atomic mass is 32.1. The van der Waals surface area contributed by atoms with Crippen LogP contribution in [-0.4, -0.2) is 8.07 Å². The third-order valence-electron chi connectivity index (χ3n) is 7.93. The highest BCUT2D eigenvalue weighted by molar-refractivity contribution is 7.13. The number of hydrogen-bond acceptors (Lipinski definition) is 1. The quantitative estimate of drug-likeness (QED) is 0.266. The maximum atomic E-state index is 2.63. The van der Waals surface area contributed by atoms with Gasteiger partial charge >= 0.3 is 0 Å². The summed E-state index contributed by atoms with van der Waals surface area (Å²) in [5.41, 5.74) is 11.5. The molecule has 6 rings (SSSR count). The Morgan fingerprint density at radius 3 is 2.15 bits per heavy atom. The third-order valence-corrected chi connectivity index (χ3v) is 13.8. The smallest absolute Gasteiger partial charge is 0.0732 e. The van der Waals surface area contributed by atoms with Crippen LogP contribution in [0.1, 0.15) is 51.4 Å². The molecule has 2 aliphatic rings. The van der Waals surface area contributed by atoms with Gasteiger partial charge in [-0.05, 0) is 53.8 Å². The van der Waals surface area contributed by atoms with Crippen molar-refractivity contribution in [1.29, 1.82) is 0 Å². The molecule has 2 atom stereocenters. The zero-order chi connectivity index (χ0) is 22.9. The molecule has 33 heavy (non-hydrogen) atoms. The van der Waals surface area contributed by atoms with Gasteiger partial charge in [0.25, 0.3) is 0 Å². The largest absolute Gasteiger partial charge is 0.144 e. The predicted molar refractivity (Wildman–Crippen MR) is 149 cm³/mol. The van der Waals surface area contributed by atoms with Crippen LogP contribution in [0.4, 0.5) is 0 Å². The highest BCUT2D eigenvalue weighted by Gasteiger charge is 2.48. The number of thiophene rings is 1. The molecule has 164 valence electrons. The second-order valence-corrected chi connectivity index (χ2v) is 16.5. The van der Waals surface area contributed by atoms with Gasteiger partial charge in [0.2, 0.25) is 0 Å². The molecule has 0 amide bonds. The Balaban J connectivity index is 1.49. The van der Waals surface area contributed by atoms with Gasteiger partial charge in [0, 0.05) is 26.4 Å². The van der Waals surface area contributed by atoms with Gasteiger partial charge in [-0.15, -0.1) is 11.3 Å². The molecule has 0 bridgehead atoms. The Bertz CT molecular complexity index is 1470. The zero-order valence-electron chi connectivity index (χ0n) is 20.1. The third kappa shape index (κ3) is 3.01. The summed E-state index contributed by atoms with van der Waals surface area (Å²) in [5.74, 6) is 0. The van der Waals surface area contributed by atoms with E-state index in [-0.39, 0.29) is 0 Å². The second kappa shape index (κ2) is 7.41. The van der Waals surface area contributed by atoms with E-state index in [2.05, 4.69) is 113 Å². The van der Waals surface area contributed by atoms with Gasteiger partial charge in [-0.2, -0.15) is 0 Å². The first kappa shape index (κ1) is 20.9. The predicted octanol–water partition coefficient (Wildman–Crippen LogP) is 9.36. The molecule has 3 aromatic carbocycles. The zero-order valence-corrected chi connectivity index (χ0v) is 21.9. The molecule has 0 aliphatic heterocycles. The minimum Gasteiger partial charge on any atom is -0.144 e. The molecular formula is C31H30SSi. The molecule has 0 saturated heterocycles. The Morgan fingerprint density at radius 2 is 1.36 bits per heavy atom. The van der Waals surface area contributed by atoms with Crippen molar-refractivity contribution in [3.05, 3.63) is 104 Å². The SMILES string of the molecule is CC1=Cc2c(ccc3ccccc23)C1[Si](C)(C)C1C(C)=Cc2c1sc(C)c2-c1ccccc1. The average Bonchev–Trinajstić information content (AvgIpc) is 3.41. The summed E-state index contributed by atoms with van der Waals surface area (Å²) in [6.45, 7) is 12.3. The molecule has 0 nitrogen and oxygen atoms in total. The topological polar surface area (TPSA) is 0 Å². The van der Waals surface area contributed by atoms with E-state index in [0.29, 0.717) is 11.1 Å². The lowest BCUT2D eigenvalue weighted by atomic mass is 10.0. The van der Waals surface area contributed by atoms with Crippen molar-refractivity contribution in [1.82, 2.24) is 0 Å². The fourth-order valence-corrected chi connectivity index (χ4v) is 13.8. The maximum absolute atomic E-state index is 2.63. The summed E-state index contributed by atoms with van der Waals surface area (Å²) >= 11 is 2.04. The number of benzene rings is 3. The van der Waals surface area contributed by atoms with Gasteiger partial charge in [-0.1, -0.05) is 103 Å². The Morgan fingerprint density at radius 1 is 0.697 bits per heavy atom. The van der Waals surface area contributed by atoms with Crippen LogP contribution in [0.25, 0.3) is 34.1 Å². The van der Waals surface area contributed by atoms with Gasteiger partial charge in [-0.25, -0.2) is 0 Å². The molecule has 2 unspecified atom stereocenters. The molecule has 0 saturated carbocycles. The molecule has 4 aromatic rings. The van der Waals surface area contributed by atoms with Crippen LogP contribution in [0.2, 0.25) is 13.1 Å². The number of fused-ring (bicyclic) bond motifs is 4. The van der Waals surface area contributed by atoms with Gasteiger partial charge in [-0.3, -0.25) is 0 Å². The maximum Gasteiger partial charge on any atom is 0.0732 e. The minimum atomic E-state index is -1.79. The lowest BCUT2D eigenvalue weighted by molar-refractivity contribution is 0.981. The van der Waals surface area contributed by atoms with E-state index in [4.69, 9.17) is 0 Å². The van der Waals surface area contributed by atoms with E-state index in [1.165, 1.54) is 37.9 Å². The van der Waals surface area contributed by atoms with Crippen LogP contribution in [-0.2, 0) is 0 Å². The summed E-state index contributed by atoms with van der Waals surface area (Å²) in [6.07, 6.45) is 5.00. The van der Waals surface area contributed by atoms with Gasteiger partial charge in [0.05, 0.1) is 8.07 Å². The van der Waals surface area contributed by atoms with Crippen molar-refractivity contribution in [3.8, 4) is 11.1 Å². The molecule has 1 aromatic heterocycles. The molecule has 0 N–H and O–H groups in total. The average molecular weight is 463 g/mol. The van der Waals surface area contributed by atoms with Crippen LogP contribution >= 0.6 is 11.3 Å². The van der Waals surface area contributed by atoms with E-state index < -0.39 is 8.07 Å². The Labute approximate surface area is 202 Å². The van der Waals surface area contributed by atoms with E-state index >= 15 is 0 Å². The molecule has 2 heteroatoms. The Kier molecular flexibility index (Phi) is 4.69. The Hall–Kier alpha value is -2.68. The van der Waals surface area contributed by atoms with E-state index in [0.717, 1.165) is 0 Å². The van der Waals surface area contributed by atoms with E-state index in [9.17, 15) is 0 Å². The molecular weight excluding hydrogens is 432 g/mol. The highest BCUT2D eigenvalue weighted by Crippen LogP contribution is 2.56. The van der Waals surface area contributed by atoms with E-state index in [1.54, 1.807) is 21.6 Å². The summed E-state index contributed by atoms with van der Waals surface area (Å²) < 4.78 is 0. The molecule has 1 heterocycles. The normalized spacial score (nSPS) is 19.4. The van der Waals surface area contributed by atoms with Crippen LogP contribution < -0.4 is 0 Å². The van der Waals surface area contributed by atoms with Crippen molar-refractivity contribution in [2.75, 3.05) is 0 Å². The number of allylic oxidation sites excluding steroid dienone is 2. The lowest BCUT2D eigenvalue weighted by Gasteiger charge is -2.38. The van der Waals surface area contributed by atoms with Crippen molar-refractivity contribution in [2.45, 2.75) is 44.9 Å². The fraction of sp³-hybridized carbons (Fsp3) is 0.226. The van der Waals surface area contributed by atoms with Crippen molar-refractivity contribution >= 4 is 42.3 Å². The minimum absolute atomic E-state index is 0.555. The van der Waals surface area contributed by atoms with Crippen LogP contribution in [0.5, 0.6) is 0 Å². The summed E-state index contributed by atoms with van der Waals surface area (Å²) in [7, 11) is -1.79. The van der Waals surface area contributed by atoms with Gasteiger partial charge < -0.3 is 0 Å². The molecule has 0 spiro atoms. The number of hydrogen-bond donors (Lipinski definition) is 0. The van der Waals surface area contributed by atoms with E-state index in [1.807, 2.05) is 11.3 Å². The summed E-state index contributed by atoms with van der Waals surface area (Å²) in [4.78, 5) is 3.07. The first-order valence-corrected chi connectivity index (χ1v) is 15.9.